The maximum Gasteiger partial charge on any atom is 0.371 e. The van der Waals surface area contributed by atoms with Crippen molar-refractivity contribution in [2.24, 2.45) is 0 Å². The van der Waals surface area contributed by atoms with Crippen molar-refractivity contribution < 1.29 is 19.1 Å². The molecule has 5 nitrogen and oxygen atoms in total. The van der Waals surface area contributed by atoms with Crippen molar-refractivity contribution >= 4 is 5.97 Å². The van der Waals surface area contributed by atoms with E-state index < -0.39 is 5.97 Å². The third-order valence-corrected chi connectivity index (χ3v) is 3.13. The highest BCUT2D eigenvalue weighted by atomic mass is 16.5. The molecule has 5 heteroatoms. The molecule has 0 unspecified atom stereocenters. The molecule has 0 spiro atoms. The SMILES string of the molecule is Cc1oc(C(=O)O)cc1CN1CCOC(C)(C)C1. The van der Waals surface area contributed by atoms with Gasteiger partial charge in [0.25, 0.3) is 0 Å². The molecule has 1 N–H and O–H groups in total. The number of aryl methyl sites for hydroxylation is 1. The Labute approximate surface area is 106 Å². The number of ether oxygens (including phenoxy) is 1. The van der Waals surface area contributed by atoms with Gasteiger partial charge < -0.3 is 14.3 Å². The van der Waals surface area contributed by atoms with E-state index in [1.54, 1.807) is 13.0 Å². The van der Waals surface area contributed by atoms with Gasteiger partial charge in [0.1, 0.15) is 5.76 Å². The van der Waals surface area contributed by atoms with E-state index in [9.17, 15) is 4.79 Å². The average Bonchev–Trinajstić information content (AvgIpc) is 2.59. The normalized spacial score (nSPS) is 19.9. The number of morpholine rings is 1. The number of furan rings is 1. The van der Waals surface area contributed by atoms with Crippen LogP contribution in [0.1, 0.15) is 35.7 Å². The molecule has 1 aliphatic heterocycles. The van der Waals surface area contributed by atoms with Gasteiger partial charge in [-0.25, -0.2) is 4.79 Å². The van der Waals surface area contributed by atoms with Crippen LogP contribution in [0.5, 0.6) is 0 Å². The van der Waals surface area contributed by atoms with E-state index in [2.05, 4.69) is 18.7 Å². The Bertz CT molecular complexity index is 450. The zero-order valence-corrected chi connectivity index (χ0v) is 11.0. The zero-order valence-electron chi connectivity index (χ0n) is 11.0. The molecule has 1 fully saturated rings. The topological polar surface area (TPSA) is 62.9 Å². The molecule has 1 aliphatic rings. The fourth-order valence-corrected chi connectivity index (χ4v) is 2.27. The molecule has 0 atom stereocenters. The Morgan fingerprint density at radius 2 is 2.28 bits per heavy atom. The van der Waals surface area contributed by atoms with Crippen molar-refractivity contribution in [2.75, 3.05) is 19.7 Å². The fourth-order valence-electron chi connectivity index (χ4n) is 2.27. The van der Waals surface area contributed by atoms with Gasteiger partial charge in [-0.1, -0.05) is 0 Å². The number of carboxylic acid groups (broad SMARTS) is 1. The van der Waals surface area contributed by atoms with Crippen LogP contribution < -0.4 is 0 Å². The first-order chi connectivity index (χ1) is 8.37. The van der Waals surface area contributed by atoms with E-state index in [1.807, 2.05) is 0 Å². The molecule has 0 aliphatic carbocycles. The van der Waals surface area contributed by atoms with Gasteiger partial charge >= 0.3 is 5.97 Å². The largest absolute Gasteiger partial charge is 0.475 e. The van der Waals surface area contributed by atoms with Gasteiger partial charge in [-0.15, -0.1) is 0 Å². The van der Waals surface area contributed by atoms with E-state index in [0.717, 1.165) is 18.7 Å². The van der Waals surface area contributed by atoms with Crippen LogP contribution in [0.2, 0.25) is 0 Å². The van der Waals surface area contributed by atoms with Crippen molar-refractivity contribution in [2.45, 2.75) is 32.9 Å². The smallest absolute Gasteiger partial charge is 0.371 e. The van der Waals surface area contributed by atoms with Gasteiger partial charge in [0.2, 0.25) is 5.76 Å². The Morgan fingerprint density at radius 3 is 2.83 bits per heavy atom. The number of carbonyl (C=O) groups is 1. The van der Waals surface area contributed by atoms with Crippen LogP contribution >= 0.6 is 0 Å². The molecule has 0 amide bonds. The monoisotopic (exact) mass is 253 g/mol. The van der Waals surface area contributed by atoms with E-state index in [4.69, 9.17) is 14.3 Å². The first-order valence-electron chi connectivity index (χ1n) is 6.06. The van der Waals surface area contributed by atoms with Crippen molar-refractivity contribution in [3.8, 4) is 0 Å². The molecule has 0 aromatic carbocycles. The number of aromatic carboxylic acids is 1. The molecule has 1 aromatic heterocycles. The summed E-state index contributed by atoms with van der Waals surface area (Å²) in [6, 6.07) is 1.61. The highest BCUT2D eigenvalue weighted by Gasteiger charge is 2.27. The maximum atomic E-state index is 10.8. The molecule has 1 saturated heterocycles. The summed E-state index contributed by atoms with van der Waals surface area (Å²) in [6.07, 6.45) is 0. The summed E-state index contributed by atoms with van der Waals surface area (Å²) < 4.78 is 10.9. The lowest BCUT2D eigenvalue weighted by Crippen LogP contribution is -2.47. The van der Waals surface area contributed by atoms with Gasteiger partial charge in [0, 0.05) is 25.2 Å². The van der Waals surface area contributed by atoms with E-state index in [-0.39, 0.29) is 11.4 Å². The van der Waals surface area contributed by atoms with Crippen LogP contribution in [0.15, 0.2) is 10.5 Å². The second-order valence-corrected chi connectivity index (χ2v) is 5.32. The lowest BCUT2D eigenvalue weighted by molar-refractivity contribution is -0.0883. The second kappa shape index (κ2) is 4.74. The molecular weight excluding hydrogens is 234 g/mol. The number of carboxylic acids is 1. The predicted octanol–water partition coefficient (Wildman–Crippen LogP) is 1.90. The molecule has 0 bridgehead atoms. The summed E-state index contributed by atoms with van der Waals surface area (Å²) in [7, 11) is 0. The summed E-state index contributed by atoms with van der Waals surface area (Å²) in [5.41, 5.74) is 0.788. The van der Waals surface area contributed by atoms with Gasteiger partial charge in [-0.3, -0.25) is 4.90 Å². The van der Waals surface area contributed by atoms with Gasteiger partial charge in [0.05, 0.1) is 12.2 Å². The molecule has 2 rings (SSSR count). The van der Waals surface area contributed by atoms with Gasteiger partial charge in [-0.05, 0) is 26.8 Å². The molecule has 2 heterocycles. The molecular formula is C13H19NO4. The fraction of sp³-hybridized carbons (Fsp3) is 0.615. The van der Waals surface area contributed by atoms with Crippen LogP contribution in [0.3, 0.4) is 0 Å². The van der Waals surface area contributed by atoms with Crippen molar-refractivity contribution in [3.63, 3.8) is 0 Å². The van der Waals surface area contributed by atoms with Crippen molar-refractivity contribution in [1.82, 2.24) is 4.90 Å². The Morgan fingerprint density at radius 1 is 1.56 bits per heavy atom. The number of nitrogens with zero attached hydrogens (tertiary/aromatic N) is 1. The van der Waals surface area contributed by atoms with Crippen LogP contribution in [0, 0.1) is 6.92 Å². The minimum absolute atomic E-state index is 0.00928. The molecule has 0 saturated carbocycles. The number of hydrogen-bond acceptors (Lipinski definition) is 4. The minimum Gasteiger partial charge on any atom is -0.475 e. The first kappa shape index (κ1) is 13.1. The number of rotatable bonds is 3. The van der Waals surface area contributed by atoms with Crippen LogP contribution in [-0.2, 0) is 11.3 Å². The number of hydrogen-bond donors (Lipinski definition) is 1. The Kier molecular flexibility index (Phi) is 3.45. The second-order valence-electron chi connectivity index (χ2n) is 5.32. The third-order valence-electron chi connectivity index (χ3n) is 3.13. The van der Waals surface area contributed by atoms with Crippen molar-refractivity contribution in [1.29, 1.82) is 0 Å². The zero-order chi connectivity index (χ0) is 13.3. The first-order valence-corrected chi connectivity index (χ1v) is 6.06. The summed E-state index contributed by atoms with van der Waals surface area (Å²) in [6.45, 7) is 9.02. The summed E-state index contributed by atoms with van der Waals surface area (Å²) in [4.78, 5) is 13.1. The lowest BCUT2D eigenvalue weighted by atomic mass is 10.1. The molecule has 1 aromatic rings. The Balaban J connectivity index is 2.07. The summed E-state index contributed by atoms with van der Waals surface area (Å²) in [5.74, 6) is -0.335. The minimum atomic E-state index is -1.02. The molecule has 100 valence electrons. The maximum absolute atomic E-state index is 10.8. The van der Waals surface area contributed by atoms with Crippen LogP contribution in [0.25, 0.3) is 0 Å². The van der Waals surface area contributed by atoms with E-state index >= 15 is 0 Å². The quantitative estimate of drug-likeness (QED) is 0.891. The van der Waals surface area contributed by atoms with Crippen LogP contribution in [-0.4, -0.2) is 41.3 Å². The predicted molar refractivity (Wildman–Crippen MR) is 65.7 cm³/mol. The Hall–Kier alpha value is -1.33. The van der Waals surface area contributed by atoms with E-state index in [0.29, 0.717) is 18.9 Å². The standard InChI is InChI=1S/C13H19NO4/c1-9-10(6-11(18-9)12(15)16)7-14-4-5-17-13(2,3)8-14/h6H,4-5,7-8H2,1-3H3,(H,15,16). The van der Waals surface area contributed by atoms with E-state index in [1.165, 1.54) is 0 Å². The highest BCUT2D eigenvalue weighted by molar-refractivity contribution is 5.84. The highest BCUT2D eigenvalue weighted by Crippen LogP contribution is 2.21. The summed E-state index contributed by atoms with van der Waals surface area (Å²) >= 11 is 0. The lowest BCUT2D eigenvalue weighted by Gasteiger charge is -2.38. The molecule has 0 radical (unpaired) electrons. The van der Waals surface area contributed by atoms with Gasteiger partial charge in [0.15, 0.2) is 0 Å². The molecule has 18 heavy (non-hydrogen) atoms. The summed E-state index contributed by atoms with van der Waals surface area (Å²) in [5, 5.41) is 8.88. The van der Waals surface area contributed by atoms with Crippen LogP contribution in [0.4, 0.5) is 0 Å². The van der Waals surface area contributed by atoms with Crippen molar-refractivity contribution in [3.05, 3.63) is 23.2 Å². The average molecular weight is 253 g/mol. The third kappa shape index (κ3) is 2.91. The van der Waals surface area contributed by atoms with Gasteiger partial charge in [-0.2, -0.15) is 0 Å².